The molecule has 0 spiro atoms. The van der Waals surface area contributed by atoms with E-state index in [1.54, 1.807) is 11.1 Å². The summed E-state index contributed by atoms with van der Waals surface area (Å²) < 4.78 is 18.0. The van der Waals surface area contributed by atoms with Gasteiger partial charge in [0.05, 0.1) is 32.8 Å². The quantitative estimate of drug-likeness (QED) is 0.370. The predicted octanol–water partition coefficient (Wildman–Crippen LogP) is -6.56. The average Bonchev–Trinajstić information content (AvgIpc) is 2.77. The number of fused-ring (bicyclic) bond motifs is 2. The number of hydrogen-bond donors (Lipinski definition) is 2. The summed E-state index contributed by atoms with van der Waals surface area (Å²) in [5, 5.41) is 0. The number of nitrogens with one attached hydrogen (secondary N) is 2. The van der Waals surface area contributed by atoms with Gasteiger partial charge in [-0.05, 0) is 24.3 Å². The van der Waals surface area contributed by atoms with Gasteiger partial charge in [-0.1, -0.05) is 12.1 Å². The highest BCUT2D eigenvalue weighted by atomic mass is 35.5. The summed E-state index contributed by atoms with van der Waals surface area (Å²) in [6.45, 7) is 9.38. The molecule has 4 rings (SSSR count). The van der Waals surface area contributed by atoms with Gasteiger partial charge in [0.25, 0.3) is 0 Å². The van der Waals surface area contributed by atoms with Crippen molar-refractivity contribution in [3.05, 3.63) is 42.6 Å². The molecule has 0 aliphatic carbocycles. The van der Waals surface area contributed by atoms with Crippen molar-refractivity contribution >= 4 is 28.3 Å². The Morgan fingerprint density at radius 3 is 2.41 bits per heavy atom. The van der Waals surface area contributed by atoms with Gasteiger partial charge in [-0.3, -0.25) is 4.79 Å². The Kier molecular flexibility index (Phi) is 10.4. The highest BCUT2D eigenvalue weighted by Gasteiger charge is 2.29. The molecule has 10 heteroatoms. The van der Waals surface area contributed by atoms with E-state index in [9.17, 15) is 9.00 Å². The highest BCUT2D eigenvalue weighted by molar-refractivity contribution is 7.85. The van der Waals surface area contributed by atoms with Gasteiger partial charge in [-0.25, -0.2) is 9.19 Å². The molecule has 1 unspecified atom stereocenters. The lowest BCUT2D eigenvalue weighted by atomic mass is 10.2. The molecule has 0 radical (unpaired) electrons. The number of quaternary nitrogens is 2. The van der Waals surface area contributed by atoms with Crippen LogP contribution in [-0.4, -0.2) is 67.6 Å². The number of pyridine rings is 1. The summed E-state index contributed by atoms with van der Waals surface area (Å²) in [6.07, 6.45) is 2.83. The number of carbonyl (C=O) groups excluding carboxylic acids is 1. The Hall–Kier alpha value is -1.71. The Morgan fingerprint density at radius 1 is 1.03 bits per heavy atom. The minimum atomic E-state index is -1.17. The maximum Gasteiger partial charge on any atom is 0.302 e. The van der Waals surface area contributed by atoms with Gasteiger partial charge in [0.15, 0.2) is 0 Å². The van der Waals surface area contributed by atoms with Crippen LogP contribution >= 0.6 is 0 Å². The molecular weight excluding hydrogens is 471 g/mol. The van der Waals surface area contributed by atoms with Crippen LogP contribution in [0.1, 0.15) is 13.3 Å². The standard InChI is InChI=1S/C22H28N4O3S.2ClH/c1-18(27)29-17-16-25-14-12-24(13-15-25)10-5-11-26-19-6-2-3-7-20(19)30(28)21-8-4-9-23-22(21)26;;/h2-4,6-9H,5,10-17H2,1H3;2*1H. The van der Waals surface area contributed by atoms with E-state index in [1.165, 1.54) is 11.8 Å². The van der Waals surface area contributed by atoms with Crippen LogP contribution < -0.4 is 39.5 Å². The van der Waals surface area contributed by atoms with Crippen molar-refractivity contribution in [1.82, 2.24) is 4.98 Å². The number of rotatable bonds is 7. The van der Waals surface area contributed by atoms with Crippen LogP contribution in [-0.2, 0) is 20.3 Å². The molecule has 2 aromatic rings. The number of piperazine rings is 1. The van der Waals surface area contributed by atoms with Crippen molar-refractivity contribution in [2.24, 2.45) is 0 Å². The van der Waals surface area contributed by atoms with Crippen LogP contribution in [0.4, 0.5) is 11.5 Å². The minimum absolute atomic E-state index is 0. The Bertz CT molecular complexity index is 876. The monoisotopic (exact) mass is 500 g/mol. The molecule has 1 aromatic heterocycles. The molecule has 1 saturated heterocycles. The second-order valence-electron chi connectivity index (χ2n) is 7.91. The van der Waals surface area contributed by atoms with Crippen molar-refractivity contribution in [3.8, 4) is 0 Å². The molecule has 1 fully saturated rings. The molecule has 32 heavy (non-hydrogen) atoms. The SMILES string of the molecule is CC(=O)OCC[NH+]1CC[NH+](CCCN2c3ccccc3S(=O)c3cccnc32)CC1.[Cl-].[Cl-]. The lowest BCUT2D eigenvalue weighted by Crippen LogP contribution is -3.28. The van der Waals surface area contributed by atoms with E-state index < -0.39 is 10.8 Å². The summed E-state index contributed by atoms with van der Waals surface area (Å²) in [4.78, 5) is 22.5. The molecule has 0 amide bonds. The molecule has 7 nitrogen and oxygen atoms in total. The molecule has 3 heterocycles. The van der Waals surface area contributed by atoms with E-state index in [0.717, 1.165) is 73.5 Å². The maximum absolute atomic E-state index is 12.9. The Balaban J connectivity index is 0.00000181. The molecule has 0 bridgehead atoms. The number of anilines is 2. The summed E-state index contributed by atoms with van der Waals surface area (Å²) in [6, 6.07) is 11.7. The number of halogens is 2. The molecule has 176 valence electrons. The van der Waals surface area contributed by atoms with Gasteiger partial charge < -0.3 is 44.3 Å². The maximum atomic E-state index is 12.9. The van der Waals surface area contributed by atoms with Gasteiger partial charge in [-0.2, -0.15) is 0 Å². The topological polar surface area (TPSA) is 68.4 Å². The molecule has 1 atom stereocenters. The van der Waals surface area contributed by atoms with Crippen LogP contribution in [0, 0.1) is 0 Å². The fourth-order valence-corrected chi connectivity index (χ4v) is 5.65. The van der Waals surface area contributed by atoms with Gasteiger partial charge in [0.2, 0.25) is 0 Å². The van der Waals surface area contributed by atoms with E-state index in [1.807, 2.05) is 36.4 Å². The van der Waals surface area contributed by atoms with Crippen LogP contribution in [0.3, 0.4) is 0 Å². The number of nitrogens with zero attached hydrogens (tertiary/aromatic N) is 2. The van der Waals surface area contributed by atoms with Gasteiger partial charge in [-0.15, -0.1) is 0 Å². The van der Waals surface area contributed by atoms with Gasteiger partial charge >= 0.3 is 5.97 Å². The zero-order valence-corrected chi connectivity index (χ0v) is 20.5. The molecular formula is C22H30Cl2N4O3S. The first-order chi connectivity index (χ1) is 14.6. The van der Waals surface area contributed by atoms with Crippen LogP contribution in [0.15, 0.2) is 52.4 Å². The first-order valence-electron chi connectivity index (χ1n) is 10.7. The van der Waals surface area contributed by atoms with E-state index >= 15 is 0 Å². The third-order valence-corrected chi connectivity index (χ3v) is 7.36. The first-order valence-corrected chi connectivity index (χ1v) is 11.8. The van der Waals surface area contributed by atoms with Crippen molar-refractivity contribution < 1.29 is 48.4 Å². The highest BCUT2D eigenvalue weighted by Crippen LogP contribution is 2.40. The zero-order chi connectivity index (χ0) is 20.9. The van der Waals surface area contributed by atoms with Crippen molar-refractivity contribution in [3.63, 3.8) is 0 Å². The summed E-state index contributed by atoms with van der Waals surface area (Å²) in [5.74, 6) is 0.627. The van der Waals surface area contributed by atoms with Crippen molar-refractivity contribution in [1.29, 1.82) is 0 Å². The van der Waals surface area contributed by atoms with E-state index in [0.29, 0.717) is 6.61 Å². The number of benzene rings is 1. The Labute approximate surface area is 204 Å². The number of aromatic nitrogens is 1. The summed E-state index contributed by atoms with van der Waals surface area (Å²) >= 11 is 0. The van der Waals surface area contributed by atoms with Crippen molar-refractivity contribution in [2.75, 3.05) is 57.3 Å². The molecule has 1 aromatic carbocycles. The first kappa shape index (κ1) is 26.5. The fourth-order valence-electron chi connectivity index (χ4n) is 4.31. The smallest absolute Gasteiger partial charge is 0.302 e. The number of para-hydroxylation sites is 1. The zero-order valence-electron chi connectivity index (χ0n) is 18.2. The lowest BCUT2D eigenvalue weighted by molar-refractivity contribution is -1.01. The van der Waals surface area contributed by atoms with Crippen molar-refractivity contribution in [2.45, 2.75) is 23.1 Å². The third-order valence-electron chi connectivity index (χ3n) is 5.90. The number of hydrogen-bond acceptors (Lipinski definition) is 5. The lowest BCUT2D eigenvalue weighted by Gasteiger charge is -2.33. The average molecular weight is 501 g/mol. The van der Waals surface area contributed by atoms with Crippen LogP contribution in [0.2, 0.25) is 0 Å². The molecule has 2 N–H and O–H groups in total. The van der Waals surface area contributed by atoms with Crippen LogP contribution in [0.5, 0.6) is 0 Å². The largest absolute Gasteiger partial charge is 1.00 e. The third kappa shape index (κ3) is 6.20. The minimum Gasteiger partial charge on any atom is -1.00 e. The van der Waals surface area contributed by atoms with Gasteiger partial charge in [0.1, 0.15) is 45.1 Å². The normalized spacial score (nSPS) is 21.4. The number of carbonyl (C=O) groups is 1. The molecule has 0 saturated carbocycles. The summed E-state index contributed by atoms with van der Waals surface area (Å²) in [7, 11) is -1.17. The Morgan fingerprint density at radius 2 is 1.69 bits per heavy atom. The fraction of sp³-hybridized carbons (Fsp3) is 0.455. The second-order valence-corrected chi connectivity index (χ2v) is 9.32. The molecule has 2 aliphatic heterocycles. The van der Waals surface area contributed by atoms with E-state index in [-0.39, 0.29) is 30.8 Å². The number of ether oxygens (including phenoxy) is 1. The summed E-state index contributed by atoms with van der Waals surface area (Å²) in [5.41, 5.74) is 1.01. The number of esters is 1. The van der Waals surface area contributed by atoms with Crippen LogP contribution in [0.25, 0.3) is 0 Å². The molecule has 2 aliphatic rings. The van der Waals surface area contributed by atoms with Gasteiger partial charge in [0, 0.05) is 26.1 Å². The predicted molar refractivity (Wildman–Crippen MR) is 115 cm³/mol. The van der Waals surface area contributed by atoms with E-state index in [4.69, 9.17) is 4.74 Å². The second kappa shape index (κ2) is 12.5. The van der Waals surface area contributed by atoms with E-state index in [2.05, 4.69) is 9.88 Å².